The number of ether oxygens (including phenoxy) is 1. The molecule has 17 heavy (non-hydrogen) atoms. The van der Waals surface area contributed by atoms with Crippen molar-refractivity contribution in [2.45, 2.75) is 38.9 Å². The van der Waals surface area contributed by atoms with Gasteiger partial charge >= 0.3 is 0 Å². The molecule has 96 valence electrons. The largest absolute Gasteiger partial charge is 0.379 e. The quantitative estimate of drug-likeness (QED) is 0.833. The van der Waals surface area contributed by atoms with Crippen LogP contribution in [0.5, 0.6) is 0 Å². The number of rotatable bonds is 5. The van der Waals surface area contributed by atoms with Crippen molar-refractivity contribution in [3.63, 3.8) is 0 Å². The summed E-state index contributed by atoms with van der Waals surface area (Å²) in [4.78, 5) is 4.45. The van der Waals surface area contributed by atoms with Crippen molar-refractivity contribution >= 4 is 11.3 Å². The van der Waals surface area contributed by atoms with E-state index in [4.69, 9.17) is 4.74 Å². The van der Waals surface area contributed by atoms with Gasteiger partial charge in [-0.15, -0.1) is 11.3 Å². The number of thiazole rings is 1. The average molecular weight is 255 g/mol. The topological polar surface area (TPSA) is 46.2 Å². The SMILES string of the molecule is Cc1csc(CNC(C)CC2COCCN2)n1. The third-order valence-electron chi connectivity index (χ3n) is 2.90. The molecule has 1 aromatic heterocycles. The molecule has 1 saturated heterocycles. The molecule has 4 nitrogen and oxygen atoms in total. The maximum absolute atomic E-state index is 5.45. The Morgan fingerprint density at radius 1 is 1.71 bits per heavy atom. The lowest BCUT2D eigenvalue weighted by molar-refractivity contribution is 0.0712. The molecule has 0 spiro atoms. The number of hydrogen-bond donors (Lipinski definition) is 2. The van der Waals surface area contributed by atoms with Gasteiger partial charge in [0, 0.05) is 36.2 Å². The van der Waals surface area contributed by atoms with Crippen LogP contribution in [0.3, 0.4) is 0 Å². The van der Waals surface area contributed by atoms with Crippen molar-refractivity contribution in [3.05, 3.63) is 16.1 Å². The van der Waals surface area contributed by atoms with Crippen LogP contribution in [-0.4, -0.2) is 36.8 Å². The zero-order valence-electron chi connectivity index (χ0n) is 10.5. The zero-order valence-corrected chi connectivity index (χ0v) is 11.3. The van der Waals surface area contributed by atoms with Gasteiger partial charge in [-0.25, -0.2) is 4.98 Å². The van der Waals surface area contributed by atoms with E-state index in [0.29, 0.717) is 12.1 Å². The van der Waals surface area contributed by atoms with Gasteiger partial charge in [0.25, 0.3) is 0 Å². The van der Waals surface area contributed by atoms with Crippen LogP contribution in [0.25, 0.3) is 0 Å². The van der Waals surface area contributed by atoms with Gasteiger partial charge < -0.3 is 15.4 Å². The van der Waals surface area contributed by atoms with Crippen LogP contribution in [0.1, 0.15) is 24.0 Å². The van der Waals surface area contributed by atoms with Crippen LogP contribution >= 0.6 is 11.3 Å². The Kier molecular flexibility index (Phi) is 4.91. The highest BCUT2D eigenvalue weighted by atomic mass is 32.1. The third kappa shape index (κ3) is 4.35. The Hall–Kier alpha value is -0.490. The van der Waals surface area contributed by atoms with E-state index in [2.05, 4.69) is 27.9 Å². The van der Waals surface area contributed by atoms with Gasteiger partial charge in [0.15, 0.2) is 0 Å². The summed E-state index contributed by atoms with van der Waals surface area (Å²) in [6, 6.07) is 0.975. The summed E-state index contributed by atoms with van der Waals surface area (Å²) in [6.45, 7) is 7.78. The first-order chi connectivity index (χ1) is 8.24. The molecule has 1 aliphatic rings. The van der Waals surface area contributed by atoms with Crippen molar-refractivity contribution in [1.82, 2.24) is 15.6 Å². The minimum absolute atomic E-state index is 0.485. The van der Waals surface area contributed by atoms with E-state index in [1.165, 1.54) is 5.01 Å². The fourth-order valence-corrected chi connectivity index (χ4v) is 2.75. The fourth-order valence-electron chi connectivity index (χ4n) is 2.03. The number of aryl methyl sites for hydroxylation is 1. The molecule has 1 aliphatic heterocycles. The maximum atomic E-state index is 5.45. The van der Waals surface area contributed by atoms with Crippen molar-refractivity contribution in [1.29, 1.82) is 0 Å². The molecule has 5 heteroatoms. The Balaban J connectivity index is 1.68. The molecular formula is C12H21N3OS. The summed E-state index contributed by atoms with van der Waals surface area (Å²) >= 11 is 1.72. The standard InChI is InChI=1S/C12H21N3OS/c1-9(5-11-7-16-4-3-13-11)14-6-12-15-10(2)8-17-12/h8-9,11,13-14H,3-7H2,1-2H3. The van der Waals surface area contributed by atoms with Crippen molar-refractivity contribution in [3.8, 4) is 0 Å². The molecule has 0 bridgehead atoms. The minimum atomic E-state index is 0.485. The molecule has 1 aromatic rings. The van der Waals surface area contributed by atoms with Crippen LogP contribution in [0.2, 0.25) is 0 Å². The first-order valence-corrected chi connectivity index (χ1v) is 7.07. The number of nitrogens with zero attached hydrogens (tertiary/aromatic N) is 1. The van der Waals surface area contributed by atoms with E-state index >= 15 is 0 Å². The van der Waals surface area contributed by atoms with E-state index in [1.54, 1.807) is 11.3 Å². The molecular weight excluding hydrogens is 234 g/mol. The van der Waals surface area contributed by atoms with Crippen LogP contribution in [-0.2, 0) is 11.3 Å². The summed E-state index contributed by atoms with van der Waals surface area (Å²) < 4.78 is 5.45. The average Bonchev–Trinajstić information content (AvgIpc) is 2.74. The second-order valence-electron chi connectivity index (χ2n) is 4.63. The summed E-state index contributed by atoms with van der Waals surface area (Å²) in [5.74, 6) is 0. The molecule has 2 N–H and O–H groups in total. The normalized spacial score (nSPS) is 22.6. The van der Waals surface area contributed by atoms with E-state index in [-0.39, 0.29) is 0 Å². The van der Waals surface area contributed by atoms with E-state index in [1.807, 2.05) is 6.92 Å². The minimum Gasteiger partial charge on any atom is -0.379 e. The van der Waals surface area contributed by atoms with Gasteiger partial charge in [-0.2, -0.15) is 0 Å². The van der Waals surface area contributed by atoms with E-state index in [9.17, 15) is 0 Å². The Bertz CT molecular complexity index is 336. The van der Waals surface area contributed by atoms with Gasteiger partial charge in [-0.1, -0.05) is 0 Å². The van der Waals surface area contributed by atoms with Crippen molar-refractivity contribution in [2.75, 3.05) is 19.8 Å². The highest BCUT2D eigenvalue weighted by Gasteiger charge is 2.16. The summed E-state index contributed by atoms with van der Waals surface area (Å²) in [5, 5.41) is 10.3. The highest BCUT2D eigenvalue weighted by Crippen LogP contribution is 2.09. The van der Waals surface area contributed by atoms with Gasteiger partial charge in [-0.3, -0.25) is 0 Å². The third-order valence-corrected chi connectivity index (χ3v) is 3.87. The molecule has 0 saturated carbocycles. The first kappa shape index (κ1) is 13.0. The second-order valence-corrected chi connectivity index (χ2v) is 5.57. The lowest BCUT2D eigenvalue weighted by Gasteiger charge is -2.26. The molecule has 2 atom stereocenters. The molecule has 0 amide bonds. The number of nitrogens with one attached hydrogen (secondary N) is 2. The molecule has 2 unspecified atom stereocenters. The van der Waals surface area contributed by atoms with Crippen LogP contribution < -0.4 is 10.6 Å². The summed E-state index contributed by atoms with van der Waals surface area (Å²) in [6.07, 6.45) is 1.10. The molecule has 2 rings (SSSR count). The summed E-state index contributed by atoms with van der Waals surface area (Å²) in [7, 11) is 0. The monoisotopic (exact) mass is 255 g/mol. The van der Waals surface area contributed by atoms with E-state index < -0.39 is 0 Å². The van der Waals surface area contributed by atoms with Crippen LogP contribution in [0, 0.1) is 6.92 Å². The second kappa shape index (κ2) is 6.44. The van der Waals surface area contributed by atoms with E-state index in [0.717, 1.165) is 38.4 Å². The van der Waals surface area contributed by atoms with Gasteiger partial charge in [-0.05, 0) is 20.3 Å². The smallest absolute Gasteiger partial charge is 0.107 e. The Morgan fingerprint density at radius 3 is 3.24 bits per heavy atom. The zero-order chi connectivity index (χ0) is 12.1. The first-order valence-electron chi connectivity index (χ1n) is 6.19. The van der Waals surface area contributed by atoms with Crippen molar-refractivity contribution < 1.29 is 4.74 Å². The van der Waals surface area contributed by atoms with Gasteiger partial charge in [0.1, 0.15) is 5.01 Å². The summed E-state index contributed by atoms with van der Waals surface area (Å²) in [5.41, 5.74) is 1.11. The Labute approximate surface area is 107 Å². The maximum Gasteiger partial charge on any atom is 0.107 e. The molecule has 1 fully saturated rings. The molecule has 0 aromatic carbocycles. The molecule has 0 aliphatic carbocycles. The van der Waals surface area contributed by atoms with Crippen molar-refractivity contribution in [2.24, 2.45) is 0 Å². The van der Waals surface area contributed by atoms with Crippen LogP contribution in [0.15, 0.2) is 5.38 Å². The predicted octanol–water partition coefficient (Wildman–Crippen LogP) is 1.31. The lowest BCUT2D eigenvalue weighted by atomic mass is 10.1. The number of morpholine rings is 1. The Morgan fingerprint density at radius 2 is 2.59 bits per heavy atom. The van der Waals surface area contributed by atoms with Gasteiger partial charge in [0.05, 0.1) is 13.2 Å². The lowest BCUT2D eigenvalue weighted by Crippen LogP contribution is -2.44. The fraction of sp³-hybridized carbons (Fsp3) is 0.750. The number of aromatic nitrogens is 1. The van der Waals surface area contributed by atoms with Gasteiger partial charge in [0.2, 0.25) is 0 Å². The predicted molar refractivity (Wildman–Crippen MR) is 70.4 cm³/mol. The molecule has 2 heterocycles. The highest BCUT2D eigenvalue weighted by molar-refractivity contribution is 7.09. The molecule has 0 radical (unpaired) electrons. The van der Waals surface area contributed by atoms with Crippen LogP contribution in [0.4, 0.5) is 0 Å². The number of hydrogen-bond acceptors (Lipinski definition) is 5.